The first-order chi connectivity index (χ1) is 9.99. The number of carbonyl (C=O) groups is 2. The minimum Gasteiger partial charge on any atom is -0.478 e. The van der Waals surface area contributed by atoms with Crippen molar-refractivity contribution in [2.45, 2.75) is 26.4 Å². The maximum atomic E-state index is 11.8. The number of halogens is 1. The van der Waals surface area contributed by atoms with Gasteiger partial charge >= 0.3 is 11.9 Å². The van der Waals surface area contributed by atoms with Crippen LogP contribution in [0.15, 0.2) is 28.7 Å². The second-order valence-corrected chi connectivity index (χ2v) is 4.95. The van der Waals surface area contributed by atoms with Gasteiger partial charge < -0.3 is 14.6 Å². The molecular formula is C15H17BrO5. The Hall–Kier alpha value is -1.82. The Morgan fingerprint density at radius 2 is 2.10 bits per heavy atom. The molecule has 0 aromatic heterocycles. The summed E-state index contributed by atoms with van der Waals surface area (Å²) < 4.78 is 11.3. The van der Waals surface area contributed by atoms with Gasteiger partial charge in [0.25, 0.3) is 0 Å². The van der Waals surface area contributed by atoms with E-state index in [4.69, 9.17) is 14.6 Å². The van der Waals surface area contributed by atoms with Crippen LogP contribution < -0.4 is 4.74 Å². The van der Waals surface area contributed by atoms with E-state index in [0.717, 1.165) is 6.08 Å². The molecule has 5 nitrogen and oxygen atoms in total. The largest absolute Gasteiger partial charge is 0.478 e. The van der Waals surface area contributed by atoms with Gasteiger partial charge in [0.05, 0.1) is 11.1 Å². The van der Waals surface area contributed by atoms with Crippen LogP contribution >= 0.6 is 15.9 Å². The summed E-state index contributed by atoms with van der Waals surface area (Å²) in [5.41, 5.74) is 0.564. The van der Waals surface area contributed by atoms with Crippen LogP contribution in [0.3, 0.4) is 0 Å². The van der Waals surface area contributed by atoms with E-state index in [1.165, 1.54) is 6.08 Å². The quantitative estimate of drug-likeness (QED) is 0.599. The number of para-hydroxylation sites is 1. The van der Waals surface area contributed by atoms with Crippen molar-refractivity contribution in [2.75, 3.05) is 6.61 Å². The third-order valence-electron chi connectivity index (χ3n) is 2.58. The lowest BCUT2D eigenvalue weighted by Crippen LogP contribution is -2.29. The molecule has 0 bridgehead atoms. The average molecular weight is 357 g/mol. The highest BCUT2D eigenvalue weighted by Crippen LogP contribution is 2.31. The normalized spacial score (nSPS) is 12.1. The van der Waals surface area contributed by atoms with Crippen LogP contribution in [0.2, 0.25) is 0 Å². The SMILES string of the molecule is CCOC(=O)C(CC)Oc1c(Br)cccc1C=CC(=O)O. The summed E-state index contributed by atoms with van der Waals surface area (Å²) in [6.07, 6.45) is 2.14. The highest BCUT2D eigenvalue weighted by atomic mass is 79.9. The van der Waals surface area contributed by atoms with Crippen LogP contribution in [0.25, 0.3) is 6.08 Å². The molecule has 1 rings (SSSR count). The number of esters is 1. The lowest BCUT2D eigenvalue weighted by atomic mass is 10.1. The topological polar surface area (TPSA) is 72.8 Å². The molecule has 0 fully saturated rings. The molecule has 6 heteroatoms. The van der Waals surface area contributed by atoms with Gasteiger partial charge in [0.1, 0.15) is 5.75 Å². The van der Waals surface area contributed by atoms with Gasteiger partial charge in [0.2, 0.25) is 0 Å². The number of hydrogen-bond acceptors (Lipinski definition) is 4. The first-order valence-corrected chi connectivity index (χ1v) is 7.31. The zero-order chi connectivity index (χ0) is 15.8. The molecule has 0 aliphatic carbocycles. The fourth-order valence-electron chi connectivity index (χ4n) is 1.62. The fraction of sp³-hybridized carbons (Fsp3) is 0.333. The van der Waals surface area contributed by atoms with Crippen molar-refractivity contribution in [1.29, 1.82) is 0 Å². The molecule has 0 heterocycles. The molecule has 1 unspecified atom stereocenters. The van der Waals surface area contributed by atoms with Gasteiger partial charge in [0.15, 0.2) is 6.10 Å². The predicted octanol–water partition coefficient (Wildman–Crippen LogP) is 3.27. The molecule has 0 saturated carbocycles. The highest BCUT2D eigenvalue weighted by Gasteiger charge is 2.21. The Morgan fingerprint density at radius 3 is 2.67 bits per heavy atom. The summed E-state index contributed by atoms with van der Waals surface area (Å²) >= 11 is 3.34. The van der Waals surface area contributed by atoms with Crippen LogP contribution in [-0.2, 0) is 14.3 Å². The van der Waals surface area contributed by atoms with Gasteiger partial charge in [-0.3, -0.25) is 0 Å². The van der Waals surface area contributed by atoms with E-state index in [2.05, 4.69) is 15.9 Å². The zero-order valence-electron chi connectivity index (χ0n) is 11.8. The lowest BCUT2D eigenvalue weighted by Gasteiger charge is -2.18. The molecule has 21 heavy (non-hydrogen) atoms. The predicted molar refractivity (Wildman–Crippen MR) is 82.2 cm³/mol. The number of aliphatic carboxylic acids is 1. The van der Waals surface area contributed by atoms with Crippen molar-refractivity contribution >= 4 is 33.9 Å². The zero-order valence-corrected chi connectivity index (χ0v) is 13.4. The Labute approximate surface area is 131 Å². The van der Waals surface area contributed by atoms with E-state index >= 15 is 0 Å². The van der Waals surface area contributed by atoms with E-state index in [1.54, 1.807) is 25.1 Å². The van der Waals surface area contributed by atoms with Crippen molar-refractivity contribution in [1.82, 2.24) is 0 Å². The van der Waals surface area contributed by atoms with Crippen LogP contribution in [0.5, 0.6) is 5.75 Å². The molecule has 0 aliphatic heterocycles. The molecule has 0 saturated heterocycles. The Bertz CT molecular complexity index is 539. The number of carbonyl (C=O) groups excluding carboxylic acids is 1. The first kappa shape index (κ1) is 17.2. The highest BCUT2D eigenvalue weighted by molar-refractivity contribution is 9.10. The monoisotopic (exact) mass is 356 g/mol. The van der Waals surface area contributed by atoms with Crippen molar-refractivity contribution in [2.24, 2.45) is 0 Å². The molecule has 0 spiro atoms. The van der Waals surface area contributed by atoms with Crippen molar-refractivity contribution in [3.63, 3.8) is 0 Å². The van der Waals surface area contributed by atoms with Crippen LogP contribution in [0, 0.1) is 0 Å². The minimum absolute atomic E-state index is 0.278. The second kappa shape index (κ2) is 8.46. The second-order valence-electron chi connectivity index (χ2n) is 4.10. The smallest absolute Gasteiger partial charge is 0.347 e. The number of benzene rings is 1. The molecule has 114 valence electrons. The summed E-state index contributed by atoms with van der Waals surface area (Å²) in [6.45, 7) is 3.82. The third kappa shape index (κ3) is 5.23. The van der Waals surface area contributed by atoms with Gasteiger partial charge in [0, 0.05) is 11.6 Å². The Kier molecular flexibility index (Phi) is 6.94. The molecule has 1 atom stereocenters. The number of hydrogen-bond donors (Lipinski definition) is 1. The molecule has 1 aromatic rings. The first-order valence-electron chi connectivity index (χ1n) is 6.52. The number of carboxylic acids is 1. The Balaban J connectivity index is 3.05. The average Bonchev–Trinajstić information content (AvgIpc) is 2.44. The van der Waals surface area contributed by atoms with Crippen LogP contribution in [0.1, 0.15) is 25.8 Å². The van der Waals surface area contributed by atoms with E-state index in [0.29, 0.717) is 22.2 Å². The van der Waals surface area contributed by atoms with Gasteiger partial charge in [-0.15, -0.1) is 0 Å². The molecule has 1 N–H and O–H groups in total. The molecule has 0 radical (unpaired) electrons. The van der Waals surface area contributed by atoms with Gasteiger partial charge in [-0.2, -0.15) is 0 Å². The number of ether oxygens (including phenoxy) is 2. The number of rotatable bonds is 7. The lowest BCUT2D eigenvalue weighted by molar-refractivity contribution is -0.151. The molecule has 0 aliphatic rings. The Morgan fingerprint density at radius 1 is 1.38 bits per heavy atom. The van der Waals surface area contributed by atoms with E-state index in [-0.39, 0.29) is 6.61 Å². The van der Waals surface area contributed by atoms with Crippen molar-refractivity contribution in [3.8, 4) is 5.75 Å². The van der Waals surface area contributed by atoms with Gasteiger partial charge in [-0.05, 0) is 41.4 Å². The summed E-state index contributed by atoms with van der Waals surface area (Å²) in [5.74, 6) is -1.09. The van der Waals surface area contributed by atoms with Crippen molar-refractivity contribution in [3.05, 3.63) is 34.3 Å². The maximum Gasteiger partial charge on any atom is 0.347 e. The standard InChI is InChI=1S/C15H17BrO5/c1-3-12(15(19)20-4-2)21-14-10(8-9-13(17)18)6-5-7-11(14)16/h5-9,12H,3-4H2,1-2H3,(H,17,18). The minimum atomic E-state index is -1.06. The van der Waals surface area contributed by atoms with E-state index in [1.807, 2.05) is 6.92 Å². The summed E-state index contributed by atoms with van der Waals surface area (Å²) in [6, 6.07) is 5.21. The van der Waals surface area contributed by atoms with Gasteiger partial charge in [-0.25, -0.2) is 9.59 Å². The number of carboxylic acid groups (broad SMARTS) is 1. The van der Waals surface area contributed by atoms with Crippen molar-refractivity contribution < 1.29 is 24.2 Å². The molecular weight excluding hydrogens is 340 g/mol. The van der Waals surface area contributed by atoms with Gasteiger partial charge in [-0.1, -0.05) is 19.1 Å². The molecule has 0 amide bonds. The molecule has 1 aromatic carbocycles. The maximum absolute atomic E-state index is 11.8. The van der Waals surface area contributed by atoms with E-state index < -0.39 is 18.0 Å². The van der Waals surface area contributed by atoms with Crippen LogP contribution in [0.4, 0.5) is 0 Å². The van der Waals surface area contributed by atoms with Crippen LogP contribution in [-0.4, -0.2) is 29.8 Å². The summed E-state index contributed by atoms with van der Waals surface area (Å²) in [5, 5.41) is 8.71. The third-order valence-corrected chi connectivity index (χ3v) is 3.21. The summed E-state index contributed by atoms with van der Waals surface area (Å²) in [7, 11) is 0. The fourth-order valence-corrected chi connectivity index (χ4v) is 2.09. The van der Waals surface area contributed by atoms with E-state index in [9.17, 15) is 9.59 Å². The summed E-state index contributed by atoms with van der Waals surface area (Å²) in [4.78, 5) is 22.4.